The fourth-order valence-corrected chi connectivity index (χ4v) is 5.79. The average Bonchev–Trinajstić information content (AvgIpc) is 3.50. The van der Waals surface area contributed by atoms with Gasteiger partial charge < -0.3 is 35.9 Å². The van der Waals surface area contributed by atoms with Gasteiger partial charge in [0.15, 0.2) is 11.5 Å². The Balaban J connectivity index is 1.35. The van der Waals surface area contributed by atoms with Crippen molar-refractivity contribution >= 4 is 5.82 Å². The molecule has 0 aliphatic heterocycles. The highest BCUT2D eigenvalue weighted by Gasteiger charge is 2.26. The summed E-state index contributed by atoms with van der Waals surface area (Å²) in [6, 6.07) is 13.2. The summed E-state index contributed by atoms with van der Waals surface area (Å²) in [6.45, 7) is 0.526. The molecule has 0 bridgehead atoms. The second-order valence-electron chi connectivity index (χ2n) is 11.4. The summed E-state index contributed by atoms with van der Waals surface area (Å²) in [5.74, 6) is 7.39. The number of nitrogens with zero attached hydrogens (tertiary/aromatic N) is 1. The zero-order valence-corrected chi connectivity index (χ0v) is 24.3. The first-order chi connectivity index (χ1) is 20.4. The number of aromatic nitrogens is 2. The van der Waals surface area contributed by atoms with Gasteiger partial charge >= 0.3 is 0 Å². The number of pyridine rings is 1. The van der Waals surface area contributed by atoms with E-state index >= 15 is 0 Å². The number of hydrogen-bond acceptors (Lipinski definition) is 7. The number of rotatable bonds is 13. The molecule has 0 radical (unpaired) electrons. The third-order valence-corrected chi connectivity index (χ3v) is 8.29. The summed E-state index contributed by atoms with van der Waals surface area (Å²) in [4.78, 5) is 7.38. The minimum Gasteiger partial charge on any atom is -0.504 e. The number of nitrogens with one attached hydrogen (secondary N) is 1. The Labute approximate surface area is 249 Å². The van der Waals surface area contributed by atoms with E-state index < -0.39 is 12.2 Å². The van der Waals surface area contributed by atoms with E-state index in [1.165, 1.54) is 0 Å². The van der Waals surface area contributed by atoms with Gasteiger partial charge in [0.2, 0.25) is 0 Å². The average molecular weight is 576 g/mol. The van der Waals surface area contributed by atoms with Crippen molar-refractivity contribution in [3.05, 3.63) is 71.7 Å². The molecule has 8 heteroatoms. The highest BCUT2D eigenvalue weighted by molar-refractivity contribution is 5.42. The van der Waals surface area contributed by atoms with Gasteiger partial charge in [-0.2, -0.15) is 0 Å². The molecule has 1 aromatic carbocycles. The number of aliphatic hydroxyl groups excluding tert-OH is 3. The molecule has 42 heavy (non-hydrogen) atoms. The molecule has 0 fully saturated rings. The number of nitrogen functional groups attached to an aromatic ring is 1. The highest BCUT2D eigenvalue weighted by Crippen LogP contribution is 2.31. The fraction of sp³-hybridized carbons (Fsp3) is 0.500. The molecule has 0 saturated heterocycles. The number of anilines is 1. The molecule has 2 aromatic heterocycles. The smallest absolute Gasteiger partial charge is 0.161 e. The Morgan fingerprint density at radius 3 is 2.76 bits per heavy atom. The molecular weight excluding hydrogens is 530 g/mol. The number of phenols is 1. The summed E-state index contributed by atoms with van der Waals surface area (Å²) in [7, 11) is 0. The van der Waals surface area contributed by atoms with Crippen LogP contribution in [0.15, 0.2) is 54.9 Å². The van der Waals surface area contributed by atoms with E-state index in [-0.39, 0.29) is 30.1 Å². The highest BCUT2D eigenvalue weighted by atomic mass is 16.5. The number of phenolic OH excluding ortho intramolecular Hbond substituents is 1. The molecule has 0 amide bonds. The van der Waals surface area contributed by atoms with Crippen LogP contribution < -0.4 is 10.5 Å². The largest absolute Gasteiger partial charge is 0.504 e. The predicted octanol–water partition coefficient (Wildman–Crippen LogP) is 4.73. The van der Waals surface area contributed by atoms with Crippen molar-refractivity contribution in [1.29, 1.82) is 0 Å². The molecule has 2 heterocycles. The monoisotopic (exact) mass is 575 g/mol. The van der Waals surface area contributed by atoms with Crippen molar-refractivity contribution in [2.45, 2.75) is 82.3 Å². The molecule has 4 rings (SSSR count). The molecule has 0 unspecified atom stereocenters. The number of aromatic hydroxyl groups is 1. The van der Waals surface area contributed by atoms with Gasteiger partial charge in [-0.05, 0) is 98.4 Å². The number of aryl methyl sites for hydroxylation is 1. The van der Waals surface area contributed by atoms with Crippen LogP contribution in [0.5, 0.6) is 11.5 Å². The van der Waals surface area contributed by atoms with Gasteiger partial charge in [0.25, 0.3) is 0 Å². The number of benzene rings is 1. The molecule has 3 aromatic rings. The maximum Gasteiger partial charge on any atom is 0.161 e. The third kappa shape index (κ3) is 9.52. The van der Waals surface area contributed by atoms with Gasteiger partial charge in [0.1, 0.15) is 5.82 Å². The lowest BCUT2D eigenvalue weighted by molar-refractivity contribution is 0.00555. The zero-order chi connectivity index (χ0) is 29.7. The summed E-state index contributed by atoms with van der Waals surface area (Å²) >= 11 is 0. The molecule has 1 aliphatic rings. The number of ether oxygens (including phenoxy) is 1. The Hall–Kier alpha value is -3.51. The first-order valence-electron chi connectivity index (χ1n) is 15.2. The van der Waals surface area contributed by atoms with Crippen LogP contribution >= 0.6 is 0 Å². The van der Waals surface area contributed by atoms with E-state index in [4.69, 9.17) is 10.5 Å². The fourth-order valence-electron chi connectivity index (χ4n) is 5.79. The van der Waals surface area contributed by atoms with Crippen LogP contribution in [0.4, 0.5) is 5.82 Å². The van der Waals surface area contributed by atoms with E-state index in [1.807, 2.05) is 36.5 Å². The lowest BCUT2D eigenvalue weighted by atomic mass is 9.85. The summed E-state index contributed by atoms with van der Waals surface area (Å²) in [5.41, 5.74) is 9.09. The van der Waals surface area contributed by atoms with Gasteiger partial charge in [-0.3, -0.25) is 0 Å². The first kappa shape index (κ1) is 31.4. The van der Waals surface area contributed by atoms with Gasteiger partial charge in [0, 0.05) is 43.0 Å². The maximum absolute atomic E-state index is 11.0. The van der Waals surface area contributed by atoms with Crippen molar-refractivity contribution in [3.8, 4) is 23.3 Å². The normalized spacial score (nSPS) is 20.7. The third-order valence-electron chi connectivity index (χ3n) is 8.29. The van der Waals surface area contributed by atoms with Crippen LogP contribution in [0.25, 0.3) is 0 Å². The van der Waals surface area contributed by atoms with Crippen molar-refractivity contribution in [2.24, 2.45) is 11.8 Å². The topological polar surface area (TPSA) is 145 Å². The van der Waals surface area contributed by atoms with Crippen LogP contribution in [0.1, 0.15) is 74.1 Å². The lowest BCUT2D eigenvalue weighted by Crippen LogP contribution is -2.32. The Morgan fingerprint density at radius 1 is 1.12 bits per heavy atom. The standard InChI is InChI=1S/C34H45N3O5/c35-34-23-26(14-18-37-34)27(22-28-7-4-17-36-28)16-20-42-33-21-25(11-13-32(33)41)10-12-31(40)29-8-3-6-24(15-19-38)5-1-2-9-30(29)39/h4,7,11,13-14,17-18,21,23-24,27,29-31,36,38-41H,1-2,5,8-10,12,15-16,19-20,22H2,(H2,35,37)/t24-,27-,29+,30+,31-/m1/s1. The van der Waals surface area contributed by atoms with Gasteiger partial charge in [-0.1, -0.05) is 24.8 Å². The maximum atomic E-state index is 11.0. The molecule has 7 N–H and O–H groups in total. The molecule has 8 nitrogen and oxygen atoms in total. The second kappa shape index (κ2) is 16.2. The molecule has 0 spiro atoms. The van der Waals surface area contributed by atoms with Crippen LogP contribution in [0, 0.1) is 23.7 Å². The van der Waals surface area contributed by atoms with Gasteiger partial charge in [-0.25, -0.2) is 4.98 Å². The van der Waals surface area contributed by atoms with Crippen LogP contribution in [-0.4, -0.2) is 55.8 Å². The van der Waals surface area contributed by atoms with Gasteiger partial charge in [-0.15, -0.1) is 5.92 Å². The number of aromatic amines is 1. The molecule has 226 valence electrons. The van der Waals surface area contributed by atoms with Crippen molar-refractivity contribution in [2.75, 3.05) is 18.9 Å². The quantitative estimate of drug-likeness (QED) is 0.162. The second-order valence-corrected chi connectivity index (χ2v) is 11.4. The predicted molar refractivity (Wildman–Crippen MR) is 164 cm³/mol. The van der Waals surface area contributed by atoms with Crippen molar-refractivity contribution < 1.29 is 25.2 Å². The molecular formula is C34H45N3O5. The van der Waals surface area contributed by atoms with Crippen molar-refractivity contribution in [3.63, 3.8) is 0 Å². The minimum atomic E-state index is -0.704. The van der Waals surface area contributed by atoms with Crippen LogP contribution in [0.3, 0.4) is 0 Å². The van der Waals surface area contributed by atoms with E-state index in [0.29, 0.717) is 56.7 Å². The van der Waals surface area contributed by atoms with Gasteiger partial charge in [0.05, 0.1) is 18.8 Å². The van der Waals surface area contributed by atoms with E-state index in [9.17, 15) is 20.4 Å². The molecule has 1 aliphatic carbocycles. The number of nitrogens with two attached hydrogens (primary N) is 1. The zero-order valence-electron chi connectivity index (χ0n) is 24.3. The molecule has 5 atom stereocenters. The summed E-state index contributed by atoms with van der Waals surface area (Å²) in [6.07, 6.45) is 9.39. The number of hydrogen-bond donors (Lipinski definition) is 6. The molecule has 0 saturated carbocycles. The van der Waals surface area contributed by atoms with Crippen LogP contribution in [0.2, 0.25) is 0 Å². The first-order valence-corrected chi connectivity index (χ1v) is 15.2. The summed E-state index contributed by atoms with van der Waals surface area (Å²) < 4.78 is 6.06. The van der Waals surface area contributed by atoms with E-state index in [0.717, 1.165) is 42.5 Å². The summed E-state index contributed by atoms with van der Waals surface area (Å²) in [5, 5.41) is 41.6. The van der Waals surface area contributed by atoms with Crippen molar-refractivity contribution in [1.82, 2.24) is 9.97 Å². The van der Waals surface area contributed by atoms with Crippen LogP contribution in [-0.2, 0) is 12.8 Å². The SMILES string of the molecule is Nc1cc([C@H](CCOc2cc(CC[C@@H](O)[C@H]3CC#C[C@H](CCO)CCCC[C@@H]3O)ccc2O)Cc2ccc[nH]2)ccn1. The lowest BCUT2D eigenvalue weighted by Gasteiger charge is -2.27. The van der Waals surface area contributed by atoms with E-state index in [1.54, 1.807) is 12.3 Å². The number of aliphatic hydroxyl groups is 3. The minimum absolute atomic E-state index is 0.0730. The Kier molecular flexibility index (Phi) is 12.1. The van der Waals surface area contributed by atoms with E-state index in [2.05, 4.69) is 27.9 Å². The Morgan fingerprint density at radius 2 is 1.98 bits per heavy atom. The Bertz CT molecular complexity index is 1290. The number of H-pyrrole nitrogens is 1.